The second-order valence-electron chi connectivity index (χ2n) is 4.57. The van der Waals surface area contributed by atoms with E-state index in [1.807, 2.05) is 16.3 Å². The number of hydrogen-bond donors (Lipinski definition) is 0. The van der Waals surface area contributed by atoms with Crippen LogP contribution in [0.4, 0.5) is 0 Å². The molecular weight excluding hydrogens is 268 g/mol. The van der Waals surface area contributed by atoms with E-state index in [1.165, 1.54) is 0 Å². The maximum absolute atomic E-state index is 12.2. The number of carbonyl (C=O) groups excluding carboxylic acids is 1. The van der Waals surface area contributed by atoms with Gasteiger partial charge in [0.2, 0.25) is 5.91 Å². The summed E-state index contributed by atoms with van der Waals surface area (Å²) >= 11 is 7.41. The third kappa shape index (κ3) is 3.97. The molecule has 0 unspecified atom stereocenters. The Labute approximate surface area is 117 Å². The lowest BCUT2D eigenvalue weighted by molar-refractivity contribution is -0.130. The van der Waals surface area contributed by atoms with E-state index in [0.29, 0.717) is 12.3 Å². The van der Waals surface area contributed by atoms with Gasteiger partial charge in [0, 0.05) is 32.1 Å². The number of rotatable bonds is 4. The molecule has 1 saturated heterocycles. The van der Waals surface area contributed by atoms with Crippen molar-refractivity contribution in [3.05, 3.63) is 22.4 Å². The number of halogens is 1. The summed E-state index contributed by atoms with van der Waals surface area (Å²) in [6, 6.07) is 2.03. The van der Waals surface area contributed by atoms with E-state index >= 15 is 0 Å². The Bertz CT molecular complexity index is 369. The zero-order chi connectivity index (χ0) is 12.8. The summed E-state index contributed by atoms with van der Waals surface area (Å²) in [5, 5.41) is 4.07. The highest BCUT2D eigenvalue weighted by molar-refractivity contribution is 7.07. The van der Waals surface area contributed by atoms with Gasteiger partial charge in [-0.1, -0.05) is 0 Å². The Morgan fingerprint density at radius 1 is 1.33 bits per heavy atom. The lowest BCUT2D eigenvalue weighted by Crippen LogP contribution is -2.36. The molecule has 0 bridgehead atoms. The topological polar surface area (TPSA) is 23.6 Å². The molecule has 1 fully saturated rings. The first-order valence-corrected chi connectivity index (χ1v) is 7.84. The monoisotopic (exact) mass is 286 g/mol. The van der Waals surface area contributed by atoms with Crippen LogP contribution >= 0.6 is 22.9 Å². The molecule has 0 N–H and O–H groups in total. The van der Waals surface area contributed by atoms with Crippen molar-refractivity contribution in [2.24, 2.45) is 0 Å². The Kier molecular flexibility index (Phi) is 5.47. The predicted molar refractivity (Wildman–Crippen MR) is 76.4 cm³/mol. The molecule has 2 rings (SSSR count). The van der Waals surface area contributed by atoms with E-state index in [4.69, 9.17) is 11.6 Å². The molecule has 1 aliphatic rings. The Morgan fingerprint density at radius 3 is 2.94 bits per heavy atom. The first-order chi connectivity index (χ1) is 8.79. The van der Waals surface area contributed by atoms with Crippen LogP contribution in [0.3, 0.4) is 0 Å². The van der Waals surface area contributed by atoms with Crippen molar-refractivity contribution in [3.63, 3.8) is 0 Å². The van der Waals surface area contributed by atoms with E-state index in [0.717, 1.165) is 44.7 Å². The van der Waals surface area contributed by atoms with E-state index in [2.05, 4.69) is 10.3 Å². The van der Waals surface area contributed by atoms with Gasteiger partial charge in [-0.15, -0.1) is 11.6 Å². The molecule has 1 amide bonds. The van der Waals surface area contributed by atoms with Crippen LogP contribution in [0, 0.1) is 0 Å². The van der Waals surface area contributed by atoms with E-state index in [-0.39, 0.29) is 5.91 Å². The van der Waals surface area contributed by atoms with Crippen LogP contribution < -0.4 is 0 Å². The van der Waals surface area contributed by atoms with Crippen LogP contribution in [0.2, 0.25) is 0 Å². The van der Waals surface area contributed by atoms with Crippen molar-refractivity contribution in [2.45, 2.75) is 12.8 Å². The second-order valence-corrected chi connectivity index (χ2v) is 5.73. The molecule has 0 aromatic carbocycles. The summed E-state index contributed by atoms with van der Waals surface area (Å²) in [6.45, 7) is 4.63. The second kappa shape index (κ2) is 7.12. The van der Waals surface area contributed by atoms with E-state index in [9.17, 15) is 4.79 Å². The maximum Gasteiger partial charge on any atom is 0.227 e. The predicted octanol–water partition coefficient (Wildman–Crippen LogP) is 2.06. The highest BCUT2D eigenvalue weighted by atomic mass is 35.5. The summed E-state index contributed by atoms with van der Waals surface area (Å²) in [5.74, 6) is 0.921. The lowest BCUT2D eigenvalue weighted by atomic mass is 10.2. The number of nitrogens with zero attached hydrogens (tertiary/aromatic N) is 2. The van der Waals surface area contributed by atoms with Crippen LogP contribution in [0.15, 0.2) is 16.8 Å². The summed E-state index contributed by atoms with van der Waals surface area (Å²) in [6.07, 6.45) is 1.59. The number of alkyl halides is 1. The Hall–Kier alpha value is -0.580. The minimum atomic E-state index is 0.251. The van der Waals surface area contributed by atoms with Crippen LogP contribution in [-0.4, -0.2) is 54.3 Å². The lowest BCUT2D eigenvalue weighted by Gasteiger charge is -2.21. The molecule has 0 spiro atoms. The number of carbonyl (C=O) groups is 1. The highest BCUT2D eigenvalue weighted by Crippen LogP contribution is 2.10. The molecule has 0 atom stereocenters. The Morgan fingerprint density at radius 2 is 2.22 bits per heavy atom. The molecule has 0 radical (unpaired) electrons. The first kappa shape index (κ1) is 13.8. The number of hydrogen-bond acceptors (Lipinski definition) is 3. The molecule has 18 heavy (non-hydrogen) atoms. The molecule has 100 valence electrons. The zero-order valence-electron chi connectivity index (χ0n) is 10.5. The van der Waals surface area contributed by atoms with Gasteiger partial charge in [0.05, 0.1) is 6.42 Å². The van der Waals surface area contributed by atoms with Crippen LogP contribution in [0.5, 0.6) is 0 Å². The normalized spacial score (nSPS) is 17.7. The van der Waals surface area contributed by atoms with Crippen molar-refractivity contribution in [1.29, 1.82) is 0 Å². The smallest absolute Gasteiger partial charge is 0.227 e. The molecule has 3 nitrogen and oxygen atoms in total. The summed E-state index contributed by atoms with van der Waals surface area (Å²) in [5.41, 5.74) is 1.13. The standard InChI is InChI=1S/C13H19ClN2OS/c14-3-6-15-4-1-5-16(8-7-15)13(17)10-12-2-9-18-11-12/h2,9,11H,1,3-8,10H2. The van der Waals surface area contributed by atoms with Gasteiger partial charge in [0.25, 0.3) is 0 Å². The molecule has 2 heterocycles. The van der Waals surface area contributed by atoms with Crippen LogP contribution in [0.1, 0.15) is 12.0 Å². The van der Waals surface area contributed by atoms with Gasteiger partial charge >= 0.3 is 0 Å². The van der Waals surface area contributed by atoms with Gasteiger partial charge in [0.1, 0.15) is 0 Å². The van der Waals surface area contributed by atoms with Gasteiger partial charge in [-0.25, -0.2) is 0 Å². The fourth-order valence-corrected chi connectivity index (χ4v) is 3.15. The molecule has 1 aromatic rings. The van der Waals surface area contributed by atoms with Gasteiger partial charge in [-0.2, -0.15) is 11.3 Å². The fourth-order valence-electron chi connectivity index (χ4n) is 2.24. The van der Waals surface area contributed by atoms with Crippen LogP contribution in [0.25, 0.3) is 0 Å². The summed E-state index contributed by atoms with van der Waals surface area (Å²) < 4.78 is 0. The molecule has 0 saturated carbocycles. The average Bonchev–Trinajstić information content (AvgIpc) is 2.74. The largest absolute Gasteiger partial charge is 0.341 e. The van der Waals surface area contributed by atoms with Crippen molar-refractivity contribution in [1.82, 2.24) is 9.80 Å². The summed E-state index contributed by atoms with van der Waals surface area (Å²) in [4.78, 5) is 16.5. The van der Waals surface area contributed by atoms with Crippen molar-refractivity contribution in [3.8, 4) is 0 Å². The summed E-state index contributed by atoms with van der Waals surface area (Å²) in [7, 11) is 0. The van der Waals surface area contributed by atoms with Crippen molar-refractivity contribution in [2.75, 3.05) is 38.6 Å². The number of thiophene rings is 1. The first-order valence-electron chi connectivity index (χ1n) is 6.37. The van der Waals surface area contributed by atoms with E-state index in [1.54, 1.807) is 11.3 Å². The minimum absolute atomic E-state index is 0.251. The average molecular weight is 287 g/mol. The van der Waals surface area contributed by atoms with Gasteiger partial charge in [-0.3, -0.25) is 4.79 Å². The molecular formula is C13H19ClN2OS. The van der Waals surface area contributed by atoms with Crippen molar-refractivity contribution < 1.29 is 4.79 Å². The van der Waals surface area contributed by atoms with Gasteiger partial charge in [-0.05, 0) is 35.4 Å². The molecule has 1 aliphatic heterocycles. The number of amides is 1. The quantitative estimate of drug-likeness (QED) is 0.791. The van der Waals surface area contributed by atoms with Crippen molar-refractivity contribution >= 4 is 28.8 Å². The zero-order valence-corrected chi connectivity index (χ0v) is 12.1. The molecule has 0 aliphatic carbocycles. The SMILES string of the molecule is O=C(Cc1ccsc1)N1CCCN(CCCl)CC1. The highest BCUT2D eigenvalue weighted by Gasteiger charge is 2.18. The molecule has 1 aromatic heterocycles. The third-order valence-corrected chi connectivity index (χ3v) is 4.18. The third-order valence-electron chi connectivity index (χ3n) is 3.28. The van der Waals surface area contributed by atoms with E-state index < -0.39 is 0 Å². The Balaban J connectivity index is 1.83. The minimum Gasteiger partial charge on any atom is -0.341 e. The van der Waals surface area contributed by atoms with Crippen LogP contribution in [-0.2, 0) is 11.2 Å². The van der Waals surface area contributed by atoms with Gasteiger partial charge < -0.3 is 9.80 Å². The maximum atomic E-state index is 12.2. The fraction of sp³-hybridized carbons (Fsp3) is 0.615. The van der Waals surface area contributed by atoms with Gasteiger partial charge in [0.15, 0.2) is 0 Å². The molecule has 5 heteroatoms.